The Hall–Kier alpha value is -5.59. The zero-order chi connectivity index (χ0) is 56.8. The number of nitrogens with two attached hydrogens (primary N) is 1. The molecule has 0 unspecified atom stereocenters. The Bertz CT molecular complexity index is 2830. The molecule has 3 aliphatic rings. The summed E-state index contributed by atoms with van der Waals surface area (Å²) < 4.78 is 0. The molecule has 0 saturated carbocycles. The molecule has 2 aromatic carbocycles. The number of thiazole rings is 1. The number of ketones is 2. The molecule has 0 bridgehead atoms. The van der Waals surface area contributed by atoms with E-state index in [2.05, 4.69) is 47.2 Å². The fourth-order valence-corrected chi connectivity index (χ4v) is 12.7. The fraction of sp³-hybridized carbons (Fsp3) is 0.581. The van der Waals surface area contributed by atoms with Crippen LogP contribution in [0.15, 0.2) is 72.6 Å². The van der Waals surface area contributed by atoms with Crippen LogP contribution in [0.5, 0.6) is 0 Å². The second-order valence-corrected chi connectivity index (χ2v) is 25.1. The molecular formula is C62H85ClN10O6S. The molecular weight excluding hydrogens is 1050 g/mol. The third kappa shape index (κ3) is 16.3. The Morgan fingerprint density at radius 1 is 0.838 bits per heavy atom. The molecule has 4 atom stereocenters. The number of halogens is 1. The van der Waals surface area contributed by atoms with E-state index in [1.54, 1.807) is 22.6 Å². The van der Waals surface area contributed by atoms with Crippen LogP contribution in [-0.2, 0) is 30.4 Å². The predicted molar refractivity (Wildman–Crippen MR) is 317 cm³/mol. The molecule has 5 N–H and O–H groups in total. The first-order valence-electron chi connectivity index (χ1n) is 29.4. The van der Waals surface area contributed by atoms with Crippen molar-refractivity contribution in [3.63, 3.8) is 0 Å². The number of anilines is 1. The molecule has 3 amide bonds. The number of benzene rings is 2. The maximum absolute atomic E-state index is 14.2. The molecule has 432 valence electrons. The number of aliphatic hydroxyl groups excluding tert-OH is 1. The minimum absolute atomic E-state index is 0.0547. The minimum atomic E-state index is -1.01. The Morgan fingerprint density at radius 2 is 1.50 bits per heavy atom. The molecule has 0 aliphatic carbocycles. The third-order valence-electron chi connectivity index (χ3n) is 17.0. The largest absolute Gasteiger partial charge is 0.391 e. The SMILES string of the molecule is Cc1ncsc1-c1ccc(CCC(=O)[C@@H]2C[C@@H](O)CN2C(=O)[C@@H](CC(=O)CCCCCCCCCCCC(=O)N2CCN(CC[C@H](NC(=O)C3(N)CCN(c4ncnc5[nH]ccc45)CC3)c3ccc(Cl)cc3)CC2)C(C)(C)C)cc1. The van der Waals surface area contributed by atoms with Crippen molar-refractivity contribution in [3.05, 3.63) is 94.5 Å². The van der Waals surface area contributed by atoms with Gasteiger partial charge in [0.05, 0.1) is 45.2 Å². The Kier molecular flexibility index (Phi) is 21.5. The van der Waals surface area contributed by atoms with E-state index in [4.69, 9.17) is 17.3 Å². The van der Waals surface area contributed by atoms with Gasteiger partial charge in [-0.15, -0.1) is 11.3 Å². The summed E-state index contributed by atoms with van der Waals surface area (Å²) in [5.74, 6) is 0.152. The molecule has 3 fully saturated rings. The summed E-state index contributed by atoms with van der Waals surface area (Å²) in [4.78, 5) is 93.9. The molecule has 8 rings (SSSR count). The summed E-state index contributed by atoms with van der Waals surface area (Å²) in [6.45, 7) is 13.0. The number of Topliss-reactive ketones (excluding diaryl/α,β-unsaturated/α-hetero) is 2. The second-order valence-electron chi connectivity index (χ2n) is 23.8. The number of unbranched alkanes of at least 4 members (excludes halogenated alkanes) is 8. The zero-order valence-corrected chi connectivity index (χ0v) is 49.2. The second kappa shape index (κ2) is 28.4. The van der Waals surface area contributed by atoms with Crippen LogP contribution in [-0.4, -0.2) is 139 Å². The van der Waals surface area contributed by atoms with E-state index in [0.29, 0.717) is 69.7 Å². The van der Waals surface area contributed by atoms with Crippen LogP contribution in [0.2, 0.25) is 5.02 Å². The summed E-state index contributed by atoms with van der Waals surface area (Å²) in [5, 5.41) is 15.6. The maximum Gasteiger partial charge on any atom is 0.240 e. The minimum Gasteiger partial charge on any atom is -0.391 e. The molecule has 18 heteroatoms. The first-order valence-corrected chi connectivity index (χ1v) is 30.6. The van der Waals surface area contributed by atoms with Crippen LogP contribution in [0.1, 0.15) is 153 Å². The highest BCUT2D eigenvalue weighted by Crippen LogP contribution is 2.35. The lowest BCUT2D eigenvalue weighted by atomic mass is 9.76. The average molecular weight is 1130 g/mol. The monoisotopic (exact) mass is 1130 g/mol. The summed E-state index contributed by atoms with van der Waals surface area (Å²) in [6, 6.07) is 16.9. The number of rotatable bonds is 27. The van der Waals surface area contributed by atoms with Gasteiger partial charge in [0, 0.05) is 102 Å². The van der Waals surface area contributed by atoms with Gasteiger partial charge in [-0.05, 0) is 85.8 Å². The highest BCUT2D eigenvalue weighted by molar-refractivity contribution is 7.13. The summed E-state index contributed by atoms with van der Waals surface area (Å²) >= 11 is 7.87. The van der Waals surface area contributed by atoms with Gasteiger partial charge < -0.3 is 35.8 Å². The molecule has 80 heavy (non-hydrogen) atoms. The van der Waals surface area contributed by atoms with Crippen LogP contribution in [0.3, 0.4) is 0 Å². The molecule has 6 heterocycles. The maximum atomic E-state index is 14.2. The number of piperazine rings is 1. The third-order valence-corrected chi connectivity index (χ3v) is 18.2. The van der Waals surface area contributed by atoms with Crippen LogP contribution in [0.25, 0.3) is 21.5 Å². The topological polar surface area (TPSA) is 211 Å². The number of aromatic amines is 1. The van der Waals surface area contributed by atoms with Gasteiger partial charge in [0.25, 0.3) is 0 Å². The van der Waals surface area contributed by atoms with Crippen LogP contribution < -0.4 is 16.0 Å². The lowest BCUT2D eigenvalue weighted by Gasteiger charge is -2.39. The lowest BCUT2D eigenvalue weighted by Crippen LogP contribution is -2.60. The number of aromatic nitrogens is 4. The van der Waals surface area contributed by atoms with Gasteiger partial charge in [-0.25, -0.2) is 15.0 Å². The number of H-pyrrole nitrogens is 1. The van der Waals surface area contributed by atoms with Gasteiger partial charge in [-0.2, -0.15) is 0 Å². The number of β-amino-alcohol motifs (C(OH)–C–C–N with tert-alkyl or cyclic N) is 1. The van der Waals surface area contributed by atoms with Crippen LogP contribution in [0.4, 0.5) is 5.82 Å². The quantitative estimate of drug-likeness (QED) is 0.0362. The van der Waals surface area contributed by atoms with E-state index in [1.165, 1.54) is 0 Å². The number of hydrogen-bond acceptors (Lipinski definition) is 13. The van der Waals surface area contributed by atoms with Gasteiger partial charge in [-0.1, -0.05) is 114 Å². The molecule has 0 radical (unpaired) electrons. The number of fused-ring (bicyclic) bond motifs is 1. The predicted octanol–water partition coefficient (Wildman–Crippen LogP) is 9.81. The molecule has 3 saturated heterocycles. The van der Waals surface area contributed by atoms with E-state index < -0.39 is 29.0 Å². The van der Waals surface area contributed by atoms with Crippen LogP contribution in [0, 0.1) is 18.3 Å². The number of aliphatic hydroxyl groups is 1. The summed E-state index contributed by atoms with van der Waals surface area (Å²) in [6.07, 6.45) is 15.7. The Labute approximate surface area is 482 Å². The van der Waals surface area contributed by atoms with Crippen molar-refractivity contribution in [2.45, 2.75) is 167 Å². The number of carbonyl (C=O) groups excluding carboxylic acids is 5. The van der Waals surface area contributed by atoms with Gasteiger partial charge in [0.2, 0.25) is 17.7 Å². The number of likely N-dealkylation sites (tertiary alicyclic amines) is 1. The first-order chi connectivity index (χ1) is 38.5. The van der Waals surface area contributed by atoms with Crippen molar-refractivity contribution < 1.29 is 29.1 Å². The van der Waals surface area contributed by atoms with Crippen molar-refractivity contribution in [1.82, 2.24) is 40.0 Å². The van der Waals surface area contributed by atoms with Crippen LogP contribution >= 0.6 is 22.9 Å². The highest BCUT2D eigenvalue weighted by Gasteiger charge is 2.44. The Balaban J connectivity index is 0.668. The zero-order valence-electron chi connectivity index (χ0n) is 47.6. The number of piperidine rings is 1. The standard InChI is InChI=1S/C62H85ClN10O6S/c1-43-56(80-42-68-43)46-19-16-44(17-20-46)18-25-54(76)53-39-49(75)40-73(53)59(78)51(61(2,3)4)38-48(74)14-12-10-8-6-5-7-9-11-13-15-55(77)71-36-34-70(35-37-71)31-27-52(45-21-23-47(63)24-22-45)69-60(79)62(64)28-32-72(33-29-62)58-50-26-30-65-57(50)66-41-67-58/h16-17,19-24,26,30,41-42,49,51-53,75H,5-15,18,25,27-29,31-40,64H2,1-4H3,(H,69,79)(H,65,66,67)/t49-,51-,52+,53+/m1/s1. The molecule has 16 nitrogen and oxygen atoms in total. The average Bonchev–Trinajstić information content (AvgIpc) is 4.26. The van der Waals surface area contributed by atoms with E-state index in [0.717, 1.165) is 122 Å². The van der Waals surface area contributed by atoms with Crippen molar-refractivity contribution in [1.29, 1.82) is 0 Å². The number of carbonyl (C=O) groups is 5. The fourth-order valence-electron chi connectivity index (χ4n) is 11.8. The number of aryl methyl sites for hydroxylation is 2. The van der Waals surface area contributed by atoms with Gasteiger partial charge in [0.1, 0.15) is 23.6 Å². The molecule has 3 aliphatic heterocycles. The number of nitrogens with one attached hydrogen (secondary N) is 2. The van der Waals surface area contributed by atoms with Crippen molar-refractivity contribution in [2.75, 3.05) is 57.3 Å². The summed E-state index contributed by atoms with van der Waals surface area (Å²) in [5.41, 5.74) is 12.1. The van der Waals surface area contributed by atoms with E-state index in [9.17, 15) is 29.1 Å². The number of hydrogen-bond donors (Lipinski definition) is 4. The van der Waals surface area contributed by atoms with Gasteiger partial charge in [0.15, 0.2) is 5.78 Å². The molecule has 0 spiro atoms. The number of nitrogens with zero attached hydrogens (tertiary/aromatic N) is 7. The smallest absolute Gasteiger partial charge is 0.240 e. The molecule has 3 aromatic heterocycles. The lowest BCUT2D eigenvalue weighted by molar-refractivity contribution is -0.145. The van der Waals surface area contributed by atoms with E-state index in [-0.39, 0.29) is 61.1 Å². The van der Waals surface area contributed by atoms with Crippen molar-refractivity contribution in [3.8, 4) is 10.4 Å². The highest BCUT2D eigenvalue weighted by atomic mass is 35.5. The normalized spacial score (nSPS) is 18.6. The number of amides is 3. The summed E-state index contributed by atoms with van der Waals surface area (Å²) in [7, 11) is 0. The van der Waals surface area contributed by atoms with E-state index >= 15 is 0 Å². The van der Waals surface area contributed by atoms with Gasteiger partial charge in [-0.3, -0.25) is 28.9 Å². The van der Waals surface area contributed by atoms with E-state index in [1.807, 2.05) is 86.8 Å². The Morgan fingerprint density at radius 3 is 2.15 bits per heavy atom. The van der Waals surface area contributed by atoms with Gasteiger partial charge >= 0.3 is 0 Å². The first kappa shape index (κ1) is 60.5. The molecule has 5 aromatic rings. The van der Waals surface area contributed by atoms with Crippen molar-refractivity contribution >= 4 is 69.1 Å². The van der Waals surface area contributed by atoms with Crippen molar-refractivity contribution in [2.24, 2.45) is 17.1 Å².